The molecule has 1 saturated heterocycles. The standard InChI is InChI=1S/C27H28ClN5O4S2/c1-19-7-13-23(14-8-19)39(36,37)31-27(32-16-15-24(17-32)38(29,34)35)33-18-25(20-5-3-2-4-6-20)26(30-33)21-9-11-22(28)12-10-21/h2-14,24-25H,15-18H2,1H3,(H2,29,34,35)/b31-27-. The fourth-order valence-electron chi connectivity index (χ4n) is 4.77. The number of benzene rings is 3. The highest BCUT2D eigenvalue weighted by Gasteiger charge is 2.39. The molecule has 3 aromatic carbocycles. The van der Waals surface area contributed by atoms with Gasteiger partial charge in [0, 0.05) is 24.0 Å². The van der Waals surface area contributed by atoms with Gasteiger partial charge >= 0.3 is 0 Å². The number of hydrazone groups is 1. The van der Waals surface area contributed by atoms with E-state index in [1.165, 1.54) is 12.1 Å². The summed E-state index contributed by atoms with van der Waals surface area (Å²) in [6.45, 7) is 2.45. The summed E-state index contributed by atoms with van der Waals surface area (Å²) in [5.41, 5.74) is 3.47. The van der Waals surface area contributed by atoms with E-state index in [4.69, 9.17) is 21.8 Å². The molecule has 0 aliphatic carbocycles. The van der Waals surface area contributed by atoms with Gasteiger partial charge in [0.15, 0.2) is 0 Å². The maximum absolute atomic E-state index is 13.4. The molecule has 1 fully saturated rings. The molecule has 0 aromatic heterocycles. The number of likely N-dealkylation sites (tertiary alicyclic amines) is 1. The molecule has 9 nitrogen and oxygen atoms in total. The minimum atomic E-state index is -4.14. The molecule has 0 radical (unpaired) electrons. The maximum Gasteiger partial charge on any atom is 0.285 e. The monoisotopic (exact) mass is 585 g/mol. The van der Waals surface area contributed by atoms with Crippen molar-refractivity contribution in [2.24, 2.45) is 14.6 Å². The van der Waals surface area contributed by atoms with E-state index in [-0.39, 0.29) is 36.3 Å². The predicted octanol–water partition coefficient (Wildman–Crippen LogP) is 3.56. The van der Waals surface area contributed by atoms with E-state index in [0.29, 0.717) is 11.6 Å². The molecule has 0 amide bonds. The number of halogens is 1. The second kappa shape index (κ2) is 10.7. The Kier molecular flexibility index (Phi) is 7.51. The van der Waals surface area contributed by atoms with Gasteiger partial charge in [-0.05, 0) is 48.7 Å². The Balaban J connectivity index is 1.60. The molecule has 2 heterocycles. The smallest absolute Gasteiger partial charge is 0.285 e. The minimum absolute atomic E-state index is 0.0133. The van der Waals surface area contributed by atoms with Gasteiger partial charge in [-0.25, -0.2) is 18.6 Å². The number of hydrogen-bond donors (Lipinski definition) is 1. The summed E-state index contributed by atoms with van der Waals surface area (Å²) < 4.78 is 55.3. The average molecular weight is 586 g/mol. The molecule has 0 spiro atoms. The predicted molar refractivity (Wildman–Crippen MR) is 153 cm³/mol. The maximum atomic E-state index is 13.4. The third-order valence-corrected chi connectivity index (χ3v) is 9.74. The van der Waals surface area contributed by atoms with Crippen LogP contribution in [0.15, 0.2) is 93.3 Å². The number of primary sulfonamides is 1. The van der Waals surface area contributed by atoms with E-state index in [9.17, 15) is 16.8 Å². The van der Waals surface area contributed by atoms with E-state index in [0.717, 1.165) is 22.4 Å². The SMILES string of the molecule is Cc1ccc(S(=O)(=O)/N=C(/N2CCC(S(N)(=O)=O)C2)N2CC(c3ccccc3)C(c3ccc(Cl)cc3)=N2)cc1. The molecule has 2 aliphatic rings. The number of nitrogens with zero attached hydrogens (tertiary/aromatic N) is 4. The van der Waals surface area contributed by atoms with Gasteiger partial charge in [-0.1, -0.05) is 71.8 Å². The Morgan fingerprint density at radius 2 is 1.62 bits per heavy atom. The first-order valence-corrected chi connectivity index (χ1v) is 15.8. The fraction of sp³-hybridized carbons (Fsp3) is 0.259. The van der Waals surface area contributed by atoms with Crippen molar-refractivity contribution in [3.8, 4) is 0 Å². The third-order valence-electron chi connectivity index (χ3n) is 6.90. The van der Waals surface area contributed by atoms with Crippen LogP contribution in [-0.4, -0.2) is 63.3 Å². The van der Waals surface area contributed by atoms with Crippen molar-refractivity contribution in [2.75, 3.05) is 19.6 Å². The highest BCUT2D eigenvalue weighted by molar-refractivity contribution is 7.90. The Hall–Kier alpha value is -3.25. The molecule has 0 bridgehead atoms. The fourth-order valence-corrected chi connectivity index (χ4v) is 6.73. The summed E-state index contributed by atoms with van der Waals surface area (Å²) in [6, 6.07) is 23.5. The Morgan fingerprint density at radius 3 is 2.23 bits per heavy atom. The van der Waals surface area contributed by atoms with Crippen molar-refractivity contribution >= 4 is 43.3 Å². The van der Waals surface area contributed by atoms with Crippen LogP contribution in [0.2, 0.25) is 5.02 Å². The van der Waals surface area contributed by atoms with Crippen LogP contribution in [0.25, 0.3) is 0 Å². The Bertz CT molecular complexity index is 1630. The van der Waals surface area contributed by atoms with Gasteiger partial charge in [0.05, 0.1) is 22.4 Å². The van der Waals surface area contributed by atoms with Crippen molar-refractivity contribution < 1.29 is 16.8 Å². The normalized spacial score (nSPS) is 20.4. The number of aryl methyl sites for hydroxylation is 1. The molecule has 2 N–H and O–H groups in total. The van der Waals surface area contributed by atoms with Crippen molar-refractivity contribution in [3.63, 3.8) is 0 Å². The lowest BCUT2D eigenvalue weighted by Gasteiger charge is -2.26. The summed E-state index contributed by atoms with van der Waals surface area (Å²) in [4.78, 5) is 1.67. The van der Waals surface area contributed by atoms with E-state index in [2.05, 4.69) is 4.40 Å². The molecule has 3 aromatic rings. The van der Waals surface area contributed by atoms with Crippen LogP contribution in [0.4, 0.5) is 0 Å². The van der Waals surface area contributed by atoms with Gasteiger partial charge in [-0.2, -0.15) is 13.5 Å². The van der Waals surface area contributed by atoms with Gasteiger partial charge in [0.25, 0.3) is 10.0 Å². The van der Waals surface area contributed by atoms with E-state index < -0.39 is 25.3 Å². The van der Waals surface area contributed by atoms with Crippen molar-refractivity contribution in [2.45, 2.75) is 29.4 Å². The number of nitrogens with two attached hydrogens (primary N) is 1. The Labute approximate surface area is 233 Å². The molecule has 2 unspecified atom stereocenters. The first-order valence-electron chi connectivity index (χ1n) is 12.4. The molecular weight excluding hydrogens is 558 g/mol. The first kappa shape index (κ1) is 27.3. The summed E-state index contributed by atoms with van der Waals surface area (Å²) in [5.74, 6) is -0.136. The van der Waals surface area contributed by atoms with Gasteiger partial charge in [-0.15, -0.1) is 4.40 Å². The quantitative estimate of drug-likeness (QED) is 0.360. The summed E-state index contributed by atoms with van der Waals surface area (Å²) in [6.07, 6.45) is 0.256. The molecule has 0 saturated carbocycles. The zero-order valence-electron chi connectivity index (χ0n) is 21.2. The van der Waals surface area contributed by atoms with Crippen LogP contribution in [0.3, 0.4) is 0 Å². The van der Waals surface area contributed by atoms with Crippen molar-refractivity contribution in [1.29, 1.82) is 0 Å². The van der Waals surface area contributed by atoms with Crippen molar-refractivity contribution in [1.82, 2.24) is 9.91 Å². The molecule has 5 rings (SSSR count). The largest absolute Gasteiger partial charge is 0.339 e. The van der Waals surface area contributed by atoms with Gasteiger partial charge in [0.1, 0.15) is 0 Å². The minimum Gasteiger partial charge on any atom is -0.339 e. The van der Waals surface area contributed by atoms with Crippen LogP contribution < -0.4 is 5.14 Å². The lowest BCUT2D eigenvalue weighted by molar-refractivity contribution is 0.376. The average Bonchev–Trinajstić information content (AvgIpc) is 3.57. The van der Waals surface area contributed by atoms with Crippen LogP contribution in [0.1, 0.15) is 29.0 Å². The van der Waals surface area contributed by atoms with Crippen LogP contribution in [0, 0.1) is 6.92 Å². The summed E-state index contributed by atoms with van der Waals surface area (Å²) in [7, 11) is -7.95. The summed E-state index contributed by atoms with van der Waals surface area (Å²) in [5, 5.41) is 11.6. The molecule has 12 heteroatoms. The van der Waals surface area contributed by atoms with Gasteiger partial charge in [0.2, 0.25) is 16.0 Å². The van der Waals surface area contributed by atoms with Crippen LogP contribution in [0.5, 0.6) is 0 Å². The van der Waals surface area contributed by atoms with E-state index in [1.54, 1.807) is 34.2 Å². The molecule has 39 heavy (non-hydrogen) atoms. The van der Waals surface area contributed by atoms with E-state index in [1.807, 2.05) is 49.4 Å². The van der Waals surface area contributed by atoms with Crippen LogP contribution in [-0.2, 0) is 20.0 Å². The highest BCUT2D eigenvalue weighted by Crippen LogP contribution is 2.31. The summed E-state index contributed by atoms with van der Waals surface area (Å²) >= 11 is 6.13. The molecule has 2 aliphatic heterocycles. The first-order chi connectivity index (χ1) is 18.5. The topological polar surface area (TPSA) is 126 Å². The number of sulfonamides is 2. The highest BCUT2D eigenvalue weighted by atomic mass is 35.5. The van der Waals surface area contributed by atoms with Gasteiger partial charge in [-0.3, -0.25) is 0 Å². The second-order valence-electron chi connectivity index (χ2n) is 9.66. The van der Waals surface area contributed by atoms with E-state index >= 15 is 0 Å². The third kappa shape index (κ3) is 6.01. The molecule has 2 atom stereocenters. The zero-order chi connectivity index (χ0) is 27.8. The lowest BCUT2D eigenvalue weighted by Crippen LogP contribution is -2.42. The zero-order valence-corrected chi connectivity index (χ0v) is 23.6. The number of hydrogen-bond acceptors (Lipinski definition) is 5. The Morgan fingerprint density at radius 1 is 0.949 bits per heavy atom. The number of guanidine groups is 1. The molecule has 204 valence electrons. The number of rotatable bonds is 5. The molecular formula is C27H28ClN5O4S2. The van der Waals surface area contributed by atoms with Crippen molar-refractivity contribution in [3.05, 3.63) is 101 Å². The van der Waals surface area contributed by atoms with Crippen LogP contribution >= 0.6 is 11.6 Å². The van der Waals surface area contributed by atoms with Gasteiger partial charge < -0.3 is 4.90 Å². The second-order valence-corrected chi connectivity index (χ2v) is 13.5. The lowest BCUT2D eigenvalue weighted by atomic mass is 9.91.